The molecule has 3 aromatic rings. The number of aromatic nitrogens is 2. The summed E-state index contributed by atoms with van der Waals surface area (Å²) in [4.78, 5) is 18.8. The first-order valence-electron chi connectivity index (χ1n) is 8.90. The Hall–Kier alpha value is -3.35. The SMILES string of the molecule is CCN(CC)c1ccc(Nc2cncc(C(=O)Nc3cc(C)on3)c2)cc1. The quantitative estimate of drug-likeness (QED) is 0.652. The minimum absolute atomic E-state index is 0.295. The first-order chi connectivity index (χ1) is 13.1. The van der Waals surface area contributed by atoms with Crippen LogP contribution in [0.1, 0.15) is 30.0 Å². The molecule has 0 saturated carbocycles. The fourth-order valence-corrected chi connectivity index (χ4v) is 2.76. The predicted octanol–water partition coefficient (Wildman–Crippen LogP) is 4.22. The zero-order chi connectivity index (χ0) is 19.2. The molecular formula is C20H23N5O2. The molecule has 2 N–H and O–H groups in total. The van der Waals surface area contributed by atoms with Crippen LogP contribution in [0.2, 0.25) is 0 Å². The van der Waals surface area contributed by atoms with Crippen LogP contribution in [0.25, 0.3) is 0 Å². The zero-order valence-electron chi connectivity index (χ0n) is 15.7. The lowest BCUT2D eigenvalue weighted by Gasteiger charge is -2.21. The van der Waals surface area contributed by atoms with Crippen LogP contribution in [-0.4, -0.2) is 29.1 Å². The molecular weight excluding hydrogens is 342 g/mol. The number of nitrogens with one attached hydrogen (secondary N) is 2. The monoisotopic (exact) mass is 365 g/mol. The van der Waals surface area contributed by atoms with E-state index < -0.39 is 0 Å². The van der Waals surface area contributed by atoms with Crippen molar-refractivity contribution < 1.29 is 9.32 Å². The Balaban J connectivity index is 1.69. The third-order valence-corrected chi connectivity index (χ3v) is 4.15. The maximum absolute atomic E-state index is 12.3. The summed E-state index contributed by atoms with van der Waals surface area (Å²) >= 11 is 0. The first kappa shape index (κ1) is 18.4. The maximum Gasteiger partial charge on any atom is 0.258 e. The smallest absolute Gasteiger partial charge is 0.258 e. The molecule has 0 spiro atoms. The van der Waals surface area contributed by atoms with E-state index in [1.54, 1.807) is 25.3 Å². The standard InChI is InChI=1S/C20H23N5O2/c1-4-25(5-2)18-8-6-16(7-9-18)22-17-11-15(12-21-13-17)20(26)23-19-10-14(3)27-24-19/h6-13,22H,4-5H2,1-3H3,(H,23,24,26). The lowest BCUT2D eigenvalue weighted by atomic mass is 10.2. The van der Waals surface area contributed by atoms with Crippen LogP contribution in [0.15, 0.2) is 53.3 Å². The van der Waals surface area contributed by atoms with E-state index >= 15 is 0 Å². The van der Waals surface area contributed by atoms with Crippen molar-refractivity contribution in [1.82, 2.24) is 10.1 Å². The van der Waals surface area contributed by atoms with Gasteiger partial charge in [-0.05, 0) is 51.1 Å². The van der Waals surface area contributed by atoms with Crippen LogP contribution in [0.4, 0.5) is 22.9 Å². The van der Waals surface area contributed by atoms with Crippen molar-refractivity contribution in [2.24, 2.45) is 0 Å². The van der Waals surface area contributed by atoms with Gasteiger partial charge in [0.25, 0.3) is 5.91 Å². The van der Waals surface area contributed by atoms with Crippen LogP contribution in [-0.2, 0) is 0 Å². The predicted molar refractivity (Wildman–Crippen MR) is 107 cm³/mol. The molecule has 0 atom stereocenters. The fourth-order valence-electron chi connectivity index (χ4n) is 2.76. The number of amides is 1. The largest absolute Gasteiger partial charge is 0.372 e. The van der Waals surface area contributed by atoms with Gasteiger partial charge in [-0.2, -0.15) is 0 Å². The highest BCUT2D eigenvalue weighted by Crippen LogP contribution is 2.21. The molecule has 2 aromatic heterocycles. The van der Waals surface area contributed by atoms with Crippen LogP contribution in [0.5, 0.6) is 0 Å². The van der Waals surface area contributed by atoms with Gasteiger partial charge in [0.05, 0.1) is 17.4 Å². The highest BCUT2D eigenvalue weighted by molar-refractivity contribution is 6.04. The molecule has 0 aliphatic rings. The number of benzene rings is 1. The van der Waals surface area contributed by atoms with Crippen LogP contribution in [0, 0.1) is 6.92 Å². The van der Waals surface area contributed by atoms with Gasteiger partial charge in [-0.3, -0.25) is 9.78 Å². The Morgan fingerprint density at radius 3 is 2.44 bits per heavy atom. The summed E-state index contributed by atoms with van der Waals surface area (Å²) in [6, 6.07) is 11.6. The highest BCUT2D eigenvalue weighted by atomic mass is 16.5. The normalized spacial score (nSPS) is 10.5. The van der Waals surface area contributed by atoms with E-state index in [4.69, 9.17) is 4.52 Å². The van der Waals surface area contributed by atoms with Crippen LogP contribution < -0.4 is 15.5 Å². The van der Waals surface area contributed by atoms with Crippen molar-refractivity contribution in [2.45, 2.75) is 20.8 Å². The van der Waals surface area contributed by atoms with Gasteiger partial charge in [0.15, 0.2) is 5.82 Å². The van der Waals surface area contributed by atoms with Gasteiger partial charge in [0.2, 0.25) is 0 Å². The first-order valence-corrected chi connectivity index (χ1v) is 8.90. The molecule has 7 nitrogen and oxygen atoms in total. The number of hydrogen-bond donors (Lipinski definition) is 2. The summed E-state index contributed by atoms with van der Waals surface area (Å²) in [7, 11) is 0. The summed E-state index contributed by atoms with van der Waals surface area (Å²) in [5.74, 6) is 0.714. The molecule has 7 heteroatoms. The van der Waals surface area contributed by atoms with E-state index in [0.717, 1.165) is 24.5 Å². The second-order valence-corrected chi connectivity index (χ2v) is 6.08. The van der Waals surface area contributed by atoms with Crippen molar-refractivity contribution in [3.63, 3.8) is 0 Å². The van der Waals surface area contributed by atoms with Crippen molar-refractivity contribution in [3.8, 4) is 0 Å². The average molecular weight is 365 g/mol. The summed E-state index contributed by atoms with van der Waals surface area (Å²) in [6.07, 6.45) is 3.19. The van der Waals surface area contributed by atoms with Crippen molar-refractivity contribution >= 4 is 28.8 Å². The second kappa shape index (κ2) is 8.35. The number of carbonyl (C=O) groups excluding carboxylic acids is 1. The van der Waals surface area contributed by atoms with E-state index in [9.17, 15) is 4.79 Å². The molecule has 0 aliphatic carbocycles. The number of anilines is 4. The summed E-state index contributed by atoms with van der Waals surface area (Å²) < 4.78 is 4.95. The molecule has 1 aromatic carbocycles. The van der Waals surface area contributed by atoms with Crippen molar-refractivity contribution in [3.05, 3.63) is 60.1 Å². The maximum atomic E-state index is 12.3. The van der Waals surface area contributed by atoms with Gasteiger partial charge in [-0.25, -0.2) is 0 Å². The fraction of sp³-hybridized carbons (Fsp3) is 0.250. The van der Waals surface area contributed by atoms with Gasteiger partial charge in [0.1, 0.15) is 5.76 Å². The summed E-state index contributed by atoms with van der Waals surface area (Å²) in [5, 5.41) is 9.72. The number of hydrogen-bond acceptors (Lipinski definition) is 6. The van der Waals surface area contributed by atoms with E-state index in [2.05, 4.69) is 51.7 Å². The number of carbonyl (C=O) groups is 1. The topological polar surface area (TPSA) is 83.3 Å². The minimum atomic E-state index is -0.295. The van der Waals surface area contributed by atoms with E-state index in [0.29, 0.717) is 17.1 Å². The van der Waals surface area contributed by atoms with E-state index in [1.807, 2.05) is 12.1 Å². The Kier molecular flexibility index (Phi) is 5.71. The number of rotatable bonds is 7. The molecule has 2 heterocycles. The Bertz CT molecular complexity index is 901. The van der Waals surface area contributed by atoms with E-state index in [-0.39, 0.29) is 5.91 Å². The number of pyridine rings is 1. The minimum Gasteiger partial charge on any atom is -0.372 e. The molecule has 0 aliphatic heterocycles. The molecule has 0 bridgehead atoms. The molecule has 0 unspecified atom stereocenters. The van der Waals surface area contributed by atoms with Crippen LogP contribution >= 0.6 is 0 Å². The van der Waals surface area contributed by atoms with Gasteiger partial charge in [0, 0.05) is 36.7 Å². The molecule has 140 valence electrons. The van der Waals surface area contributed by atoms with E-state index in [1.165, 1.54) is 11.9 Å². The Morgan fingerprint density at radius 2 is 1.81 bits per heavy atom. The van der Waals surface area contributed by atoms with Gasteiger partial charge in [-0.1, -0.05) is 5.16 Å². The third-order valence-electron chi connectivity index (χ3n) is 4.15. The molecule has 27 heavy (non-hydrogen) atoms. The van der Waals surface area contributed by atoms with Gasteiger partial charge in [-0.15, -0.1) is 0 Å². The number of aryl methyl sites for hydroxylation is 1. The van der Waals surface area contributed by atoms with Gasteiger partial charge >= 0.3 is 0 Å². The van der Waals surface area contributed by atoms with Crippen molar-refractivity contribution in [2.75, 3.05) is 28.6 Å². The highest BCUT2D eigenvalue weighted by Gasteiger charge is 2.10. The number of nitrogens with zero attached hydrogens (tertiary/aromatic N) is 3. The lowest BCUT2D eigenvalue weighted by molar-refractivity contribution is 0.102. The third kappa shape index (κ3) is 4.63. The van der Waals surface area contributed by atoms with Gasteiger partial charge < -0.3 is 20.1 Å². The van der Waals surface area contributed by atoms with Crippen LogP contribution in [0.3, 0.4) is 0 Å². The lowest BCUT2D eigenvalue weighted by Crippen LogP contribution is -2.21. The summed E-state index contributed by atoms with van der Waals surface area (Å²) in [5.41, 5.74) is 3.27. The molecule has 0 fully saturated rings. The molecule has 3 rings (SSSR count). The molecule has 0 radical (unpaired) electrons. The Labute approximate surface area is 158 Å². The second-order valence-electron chi connectivity index (χ2n) is 6.08. The Morgan fingerprint density at radius 1 is 1.07 bits per heavy atom. The molecule has 1 amide bonds. The molecule has 0 saturated heterocycles. The zero-order valence-corrected chi connectivity index (χ0v) is 15.7. The van der Waals surface area contributed by atoms with Crippen molar-refractivity contribution in [1.29, 1.82) is 0 Å². The average Bonchev–Trinajstić information content (AvgIpc) is 3.09. The summed E-state index contributed by atoms with van der Waals surface area (Å²) in [6.45, 7) is 7.97.